The Hall–Kier alpha value is -2.67. The SMILES string of the molecule is O=C(OCc1ccccc1)c1cc2c(=O)n(CCC3CCCCC3)c(=O)[nH]c2s1. The summed E-state index contributed by atoms with van der Waals surface area (Å²) in [6, 6.07) is 10.9. The van der Waals surface area contributed by atoms with Crippen molar-refractivity contribution in [1.29, 1.82) is 0 Å². The number of benzene rings is 1. The number of rotatable bonds is 6. The molecule has 0 radical (unpaired) electrons. The Bertz CT molecular complexity index is 1110. The van der Waals surface area contributed by atoms with Crippen molar-refractivity contribution in [3.8, 4) is 0 Å². The number of aromatic amines is 1. The summed E-state index contributed by atoms with van der Waals surface area (Å²) in [7, 11) is 0. The number of esters is 1. The van der Waals surface area contributed by atoms with Crippen molar-refractivity contribution in [2.45, 2.75) is 51.7 Å². The quantitative estimate of drug-likeness (QED) is 0.619. The van der Waals surface area contributed by atoms with Gasteiger partial charge in [0.25, 0.3) is 5.56 Å². The highest BCUT2D eigenvalue weighted by atomic mass is 32.1. The zero-order valence-electron chi connectivity index (χ0n) is 16.2. The number of aromatic nitrogens is 2. The summed E-state index contributed by atoms with van der Waals surface area (Å²) in [4.78, 5) is 41.1. The normalized spacial score (nSPS) is 14.9. The lowest BCUT2D eigenvalue weighted by Crippen LogP contribution is -2.35. The van der Waals surface area contributed by atoms with E-state index in [0.29, 0.717) is 27.6 Å². The minimum absolute atomic E-state index is 0.163. The van der Waals surface area contributed by atoms with Crippen LogP contribution in [0.5, 0.6) is 0 Å². The molecule has 0 saturated heterocycles. The molecule has 0 spiro atoms. The molecule has 6 nitrogen and oxygen atoms in total. The van der Waals surface area contributed by atoms with Crippen LogP contribution in [0.2, 0.25) is 0 Å². The number of hydrogen-bond acceptors (Lipinski definition) is 5. The van der Waals surface area contributed by atoms with Gasteiger partial charge in [-0.3, -0.25) is 14.3 Å². The first-order valence-electron chi connectivity index (χ1n) is 10.1. The van der Waals surface area contributed by atoms with Crippen LogP contribution in [-0.4, -0.2) is 15.5 Å². The van der Waals surface area contributed by atoms with E-state index < -0.39 is 11.7 Å². The molecule has 1 aromatic carbocycles. The van der Waals surface area contributed by atoms with Crippen molar-refractivity contribution in [1.82, 2.24) is 9.55 Å². The summed E-state index contributed by atoms with van der Waals surface area (Å²) in [6.45, 7) is 0.578. The molecule has 152 valence electrons. The number of carbonyl (C=O) groups excluding carboxylic acids is 1. The average molecular weight is 413 g/mol. The van der Waals surface area contributed by atoms with Gasteiger partial charge in [-0.05, 0) is 24.0 Å². The Morgan fingerprint density at radius 3 is 2.66 bits per heavy atom. The van der Waals surface area contributed by atoms with E-state index in [4.69, 9.17) is 4.74 Å². The number of carbonyl (C=O) groups is 1. The van der Waals surface area contributed by atoms with Gasteiger partial charge in [0, 0.05) is 6.54 Å². The van der Waals surface area contributed by atoms with Crippen LogP contribution in [0.3, 0.4) is 0 Å². The molecule has 2 aromatic heterocycles. The smallest absolute Gasteiger partial charge is 0.348 e. The van der Waals surface area contributed by atoms with Crippen LogP contribution in [-0.2, 0) is 17.9 Å². The van der Waals surface area contributed by atoms with E-state index in [0.717, 1.165) is 23.3 Å². The van der Waals surface area contributed by atoms with Crippen LogP contribution in [0.1, 0.15) is 53.8 Å². The van der Waals surface area contributed by atoms with Gasteiger partial charge in [-0.1, -0.05) is 62.4 Å². The number of thiophene rings is 1. The van der Waals surface area contributed by atoms with Gasteiger partial charge in [-0.15, -0.1) is 11.3 Å². The van der Waals surface area contributed by atoms with E-state index in [1.54, 1.807) is 0 Å². The predicted molar refractivity (Wildman–Crippen MR) is 113 cm³/mol. The van der Waals surface area contributed by atoms with E-state index in [2.05, 4.69) is 4.98 Å². The predicted octanol–water partition coefficient (Wildman–Crippen LogP) is 4.08. The fourth-order valence-corrected chi connectivity index (χ4v) is 4.86. The van der Waals surface area contributed by atoms with Gasteiger partial charge < -0.3 is 4.74 Å². The molecule has 4 rings (SSSR count). The Labute approximate surface area is 172 Å². The highest BCUT2D eigenvalue weighted by Gasteiger charge is 2.18. The van der Waals surface area contributed by atoms with Crippen LogP contribution < -0.4 is 11.2 Å². The van der Waals surface area contributed by atoms with E-state index in [1.807, 2.05) is 30.3 Å². The van der Waals surface area contributed by atoms with Gasteiger partial charge in [-0.2, -0.15) is 0 Å². The first kappa shape index (κ1) is 19.6. The number of hydrogen-bond donors (Lipinski definition) is 1. The van der Waals surface area contributed by atoms with Crippen LogP contribution in [0.15, 0.2) is 46.0 Å². The molecule has 1 N–H and O–H groups in total. The monoisotopic (exact) mass is 412 g/mol. The standard InChI is InChI=1S/C22H24N2O4S/c25-20-17-13-18(21(26)28-14-16-9-5-2-6-10-16)29-19(17)23-22(27)24(20)12-11-15-7-3-1-4-8-15/h2,5-6,9-10,13,15H,1,3-4,7-8,11-12,14H2,(H,23,27). The maximum Gasteiger partial charge on any atom is 0.348 e. The van der Waals surface area contributed by atoms with Gasteiger partial charge in [0.05, 0.1) is 5.39 Å². The third-order valence-corrected chi connectivity index (χ3v) is 6.60. The highest BCUT2D eigenvalue weighted by molar-refractivity contribution is 7.20. The van der Waals surface area contributed by atoms with Crippen LogP contribution in [0.25, 0.3) is 10.2 Å². The van der Waals surface area contributed by atoms with Gasteiger partial charge in [0.1, 0.15) is 16.3 Å². The molecule has 1 aliphatic carbocycles. The molecule has 2 heterocycles. The fraction of sp³-hybridized carbons (Fsp3) is 0.409. The van der Waals surface area contributed by atoms with E-state index in [-0.39, 0.29) is 12.2 Å². The number of nitrogens with one attached hydrogen (secondary N) is 1. The molecule has 0 amide bonds. The fourth-order valence-electron chi connectivity index (χ4n) is 3.93. The van der Waals surface area contributed by atoms with Crippen LogP contribution in [0.4, 0.5) is 0 Å². The van der Waals surface area contributed by atoms with Gasteiger partial charge in [-0.25, -0.2) is 9.59 Å². The largest absolute Gasteiger partial charge is 0.457 e. The molecule has 0 aliphatic heterocycles. The zero-order chi connectivity index (χ0) is 20.2. The molecule has 1 aliphatic rings. The molecule has 1 saturated carbocycles. The Balaban J connectivity index is 1.51. The Morgan fingerprint density at radius 2 is 1.90 bits per heavy atom. The molecule has 0 bridgehead atoms. The minimum Gasteiger partial charge on any atom is -0.457 e. The third-order valence-electron chi connectivity index (χ3n) is 5.57. The number of H-pyrrole nitrogens is 1. The Morgan fingerprint density at radius 1 is 1.14 bits per heavy atom. The summed E-state index contributed by atoms with van der Waals surface area (Å²) in [5, 5.41) is 0.366. The van der Waals surface area contributed by atoms with Crippen molar-refractivity contribution < 1.29 is 9.53 Å². The van der Waals surface area contributed by atoms with Gasteiger partial charge in [0.2, 0.25) is 0 Å². The average Bonchev–Trinajstić information content (AvgIpc) is 3.17. The summed E-state index contributed by atoms with van der Waals surface area (Å²) in [5.41, 5.74) is 0.141. The molecule has 0 atom stereocenters. The van der Waals surface area contributed by atoms with Crippen molar-refractivity contribution in [3.05, 3.63) is 67.7 Å². The maximum absolute atomic E-state index is 12.8. The first-order chi connectivity index (χ1) is 14.1. The highest BCUT2D eigenvalue weighted by Crippen LogP contribution is 2.26. The maximum atomic E-state index is 12.8. The molecule has 29 heavy (non-hydrogen) atoms. The second-order valence-corrected chi connectivity index (χ2v) is 8.65. The molecule has 3 aromatic rings. The molecule has 0 unspecified atom stereocenters. The lowest BCUT2D eigenvalue weighted by Gasteiger charge is -2.21. The van der Waals surface area contributed by atoms with Crippen molar-refractivity contribution in [3.63, 3.8) is 0 Å². The summed E-state index contributed by atoms with van der Waals surface area (Å²) < 4.78 is 6.61. The summed E-state index contributed by atoms with van der Waals surface area (Å²) >= 11 is 1.08. The number of ether oxygens (including phenoxy) is 1. The second kappa shape index (κ2) is 8.78. The molecule has 7 heteroatoms. The lowest BCUT2D eigenvalue weighted by atomic mass is 9.87. The number of nitrogens with zero attached hydrogens (tertiary/aromatic N) is 1. The van der Waals surface area contributed by atoms with Crippen LogP contribution in [0, 0.1) is 5.92 Å². The Kier molecular flexibility index (Phi) is 5.94. The van der Waals surface area contributed by atoms with E-state index in [1.165, 1.54) is 42.7 Å². The van der Waals surface area contributed by atoms with Crippen molar-refractivity contribution in [2.75, 3.05) is 0 Å². The van der Waals surface area contributed by atoms with E-state index in [9.17, 15) is 14.4 Å². The first-order valence-corrected chi connectivity index (χ1v) is 10.9. The van der Waals surface area contributed by atoms with Gasteiger partial charge in [0.15, 0.2) is 0 Å². The summed E-state index contributed by atoms with van der Waals surface area (Å²) in [5.74, 6) is 0.0841. The zero-order valence-corrected chi connectivity index (χ0v) is 17.0. The van der Waals surface area contributed by atoms with E-state index >= 15 is 0 Å². The van der Waals surface area contributed by atoms with Crippen molar-refractivity contribution >= 4 is 27.5 Å². The number of fused-ring (bicyclic) bond motifs is 1. The minimum atomic E-state index is -0.496. The summed E-state index contributed by atoms with van der Waals surface area (Å²) in [6.07, 6.45) is 6.92. The molecular formula is C22H24N2O4S. The lowest BCUT2D eigenvalue weighted by molar-refractivity contribution is 0.0478. The van der Waals surface area contributed by atoms with Gasteiger partial charge >= 0.3 is 11.7 Å². The third kappa shape index (κ3) is 4.50. The van der Waals surface area contributed by atoms with Crippen LogP contribution >= 0.6 is 11.3 Å². The molecule has 1 fully saturated rings. The van der Waals surface area contributed by atoms with Crippen molar-refractivity contribution in [2.24, 2.45) is 5.92 Å². The topological polar surface area (TPSA) is 81.2 Å². The molecular weight excluding hydrogens is 388 g/mol. The second-order valence-electron chi connectivity index (χ2n) is 7.59.